The van der Waals surface area contributed by atoms with Crippen molar-refractivity contribution in [1.82, 2.24) is 14.7 Å². The normalized spacial score (nSPS) is 33.8. The van der Waals surface area contributed by atoms with Crippen molar-refractivity contribution in [3.05, 3.63) is 60.2 Å². The van der Waals surface area contributed by atoms with Crippen molar-refractivity contribution >= 4 is 23.7 Å². The van der Waals surface area contributed by atoms with Gasteiger partial charge in [0.15, 0.2) is 0 Å². The van der Waals surface area contributed by atoms with Gasteiger partial charge in [0.2, 0.25) is 17.7 Å². The van der Waals surface area contributed by atoms with Crippen LogP contribution in [0.25, 0.3) is 0 Å². The smallest absolute Gasteiger partial charge is 0.313 e. The number of hydrogen-bond donors (Lipinski definition) is 1. The minimum atomic E-state index is -1.33. The average Bonchev–Trinajstić information content (AvgIpc) is 3.48. The fourth-order valence-electron chi connectivity index (χ4n) is 8.61. The summed E-state index contributed by atoms with van der Waals surface area (Å²) in [6, 6.07) is 8.13. The summed E-state index contributed by atoms with van der Waals surface area (Å²) < 4.78 is 13.3. The van der Waals surface area contributed by atoms with Gasteiger partial charge in [0.05, 0.1) is 18.1 Å². The lowest BCUT2D eigenvalue weighted by molar-refractivity contribution is -0.164. The molecule has 0 unspecified atom stereocenters. The molecular formula is C38H51N3O7. The summed E-state index contributed by atoms with van der Waals surface area (Å²) in [7, 11) is 1.73. The molecule has 1 N–H and O–H groups in total. The van der Waals surface area contributed by atoms with Crippen molar-refractivity contribution in [2.45, 2.75) is 113 Å². The van der Waals surface area contributed by atoms with Gasteiger partial charge in [0, 0.05) is 39.2 Å². The molecule has 260 valence electrons. The van der Waals surface area contributed by atoms with Gasteiger partial charge < -0.3 is 29.3 Å². The van der Waals surface area contributed by atoms with E-state index in [9.17, 15) is 24.3 Å². The Labute approximate surface area is 284 Å². The van der Waals surface area contributed by atoms with E-state index in [4.69, 9.17) is 9.47 Å². The summed E-state index contributed by atoms with van der Waals surface area (Å²) in [5.74, 6) is -2.92. The number of aliphatic hydroxyl groups is 1. The molecule has 10 heteroatoms. The molecule has 7 atom stereocenters. The second-order valence-corrected chi connectivity index (χ2v) is 14.2. The van der Waals surface area contributed by atoms with Crippen LogP contribution in [0.5, 0.6) is 0 Å². The van der Waals surface area contributed by atoms with Crippen molar-refractivity contribution in [3.8, 4) is 0 Å². The van der Waals surface area contributed by atoms with Gasteiger partial charge in [0.25, 0.3) is 0 Å². The number of carbonyl (C=O) groups is 4. The van der Waals surface area contributed by atoms with Gasteiger partial charge in [-0.3, -0.25) is 19.2 Å². The van der Waals surface area contributed by atoms with E-state index in [0.29, 0.717) is 32.4 Å². The molecule has 0 bridgehead atoms. The van der Waals surface area contributed by atoms with Gasteiger partial charge in [-0.2, -0.15) is 0 Å². The molecule has 1 aliphatic carbocycles. The van der Waals surface area contributed by atoms with Crippen molar-refractivity contribution in [1.29, 1.82) is 0 Å². The maximum atomic E-state index is 14.7. The highest BCUT2D eigenvalue weighted by Gasteiger charge is 2.72. The molecule has 1 aromatic carbocycles. The van der Waals surface area contributed by atoms with Gasteiger partial charge in [0.1, 0.15) is 23.7 Å². The number of unbranched alkanes of at least 4 members (excludes halogenated alkanes) is 3. The standard InChI is InChI=1S/C38H51N3O7/c1-26-33(27-16-7-5-8-17-27)47-37(46)31-29(20-11-12-21-30(43)39(26)2)48-38-22-15-24-40(28-18-9-6-10-19-28)36(45)34(38)41(35(44)32(31)38)23-13-3-4-14-25-42/h5,7-8,11,15-17,20,22,26,28-29,31-34,42H,3-4,6,9-10,12-14,18-19,21,23-25H2,1-2H3/b20-11-/t26-,29-,31+,32+,33+,34-,38+/m0/s1. The lowest BCUT2D eigenvalue weighted by atomic mass is 9.77. The van der Waals surface area contributed by atoms with Crippen molar-refractivity contribution in [3.63, 3.8) is 0 Å². The zero-order valence-corrected chi connectivity index (χ0v) is 28.4. The first-order valence-corrected chi connectivity index (χ1v) is 18.0. The molecule has 0 aromatic heterocycles. The summed E-state index contributed by atoms with van der Waals surface area (Å²) in [6.45, 7) is 2.80. The number of benzene rings is 1. The summed E-state index contributed by atoms with van der Waals surface area (Å²) in [5.41, 5.74) is -0.578. The highest BCUT2D eigenvalue weighted by atomic mass is 16.6. The molecule has 3 fully saturated rings. The molecule has 1 spiro atoms. The number of fused-ring (bicyclic) bond motifs is 2. The maximum Gasteiger partial charge on any atom is 0.313 e. The second-order valence-electron chi connectivity index (χ2n) is 14.2. The third-order valence-corrected chi connectivity index (χ3v) is 11.3. The van der Waals surface area contributed by atoms with Crippen LogP contribution in [-0.4, -0.2) is 100 Å². The number of esters is 1. The summed E-state index contributed by atoms with van der Waals surface area (Å²) in [6.07, 6.45) is 14.8. The minimum Gasteiger partial charge on any atom is -0.455 e. The maximum absolute atomic E-state index is 14.7. The Bertz CT molecular complexity index is 1390. The number of nitrogens with zero attached hydrogens (tertiary/aromatic N) is 3. The Morgan fingerprint density at radius 2 is 1.69 bits per heavy atom. The Balaban J connectivity index is 1.39. The van der Waals surface area contributed by atoms with E-state index >= 15 is 0 Å². The van der Waals surface area contributed by atoms with Gasteiger partial charge >= 0.3 is 5.97 Å². The van der Waals surface area contributed by atoms with Crippen LogP contribution in [0.1, 0.15) is 89.2 Å². The zero-order chi connectivity index (χ0) is 33.8. The third kappa shape index (κ3) is 6.45. The average molecular weight is 662 g/mol. The number of amides is 3. The third-order valence-electron chi connectivity index (χ3n) is 11.3. The fraction of sp³-hybridized carbons (Fsp3) is 0.632. The van der Waals surface area contributed by atoms with Crippen LogP contribution in [0.3, 0.4) is 0 Å². The highest BCUT2D eigenvalue weighted by Crippen LogP contribution is 2.53. The van der Waals surface area contributed by atoms with E-state index in [2.05, 4.69) is 0 Å². The van der Waals surface area contributed by atoms with E-state index in [0.717, 1.165) is 50.5 Å². The number of ether oxygens (including phenoxy) is 2. The molecular weight excluding hydrogens is 610 g/mol. The molecule has 0 radical (unpaired) electrons. The number of rotatable bonds is 8. The lowest BCUT2D eigenvalue weighted by Gasteiger charge is -2.39. The Morgan fingerprint density at radius 3 is 2.44 bits per heavy atom. The minimum absolute atomic E-state index is 0.0611. The number of cyclic esters (lactones) is 1. The Kier molecular flexibility index (Phi) is 10.7. The van der Waals surface area contributed by atoms with Crippen molar-refractivity contribution in [2.75, 3.05) is 26.7 Å². The van der Waals surface area contributed by atoms with Crippen molar-refractivity contribution < 1.29 is 33.8 Å². The first-order chi connectivity index (χ1) is 23.3. The Morgan fingerprint density at radius 1 is 0.938 bits per heavy atom. The SMILES string of the molecule is C[C@H]1[C@H](c2ccccc2)OC(=O)[C@@H]2[C@H](/C=C\CCC(=O)N1C)O[C@@]13C=CCN(C4CCCCC4)C(=O)[C@@H]1N(CCCCCCO)C(=O)[C@@H]23. The molecule has 2 saturated heterocycles. The molecule has 3 amide bonds. The van der Waals surface area contributed by atoms with Crippen LogP contribution in [0.15, 0.2) is 54.6 Å². The van der Waals surface area contributed by atoms with Gasteiger partial charge in [-0.1, -0.05) is 86.7 Å². The van der Waals surface area contributed by atoms with E-state index in [1.165, 1.54) is 0 Å². The van der Waals surface area contributed by atoms with E-state index in [1.54, 1.807) is 22.9 Å². The number of likely N-dealkylation sites (N-methyl/N-ethyl adjacent to an activating group) is 1. The van der Waals surface area contributed by atoms with E-state index < -0.39 is 47.7 Å². The summed E-state index contributed by atoms with van der Waals surface area (Å²) >= 11 is 0. The number of allylic oxidation sites excluding steroid dienone is 1. The second kappa shape index (κ2) is 14.9. The molecule has 4 heterocycles. The first-order valence-electron chi connectivity index (χ1n) is 18.0. The van der Waals surface area contributed by atoms with Gasteiger partial charge in [-0.25, -0.2) is 0 Å². The van der Waals surface area contributed by atoms with Crippen LogP contribution in [0.4, 0.5) is 0 Å². The predicted octanol–water partition coefficient (Wildman–Crippen LogP) is 4.33. The van der Waals surface area contributed by atoms with Gasteiger partial charge in [-0.05, 0) is 44.6 Å². The van der Waals surface area contributed by atoms with E-state index in [-0.39, 0.29) is 36.8 Å². The molecule has 1 aromatic rings. The van der Waals surface area contributed by atoms with Crippen LogP contribution in [-0.2, 0) is 28.7 Å². The largest absolute Gasteiger partial charge is 0.455 e. The monoisotopic (exact) mass is 661 g/mol. The zero-order valence-electron chi connectivity index (χ0n) is 28.4. The first kappa shape index (κ1) is 34.4. The number of hydrogen-bond acceptors (Lipinski definition) is 7. The summed E-state index contributed by atoms with van der Waals surface area (Å²) in [5, 5.41) is 9.28. The molecule has 4 aliphatic heterocycles. The van der Waals surface area contributed by atoms with Crippen LogP contribution in [0.2, 0.25) is 0 Å². The van der Waals surface area contributed by atoms with Gasteiger partial charge in [-0.15, -0.1) is 0 Å². The molecule has 10 nitrogen and oxygen atoms in total. The number of aliphatic hydroxyl groups excluding tert-OH is 1. The van der Waals surface area contributed by atoms with E-state index in [1.807, 2.05) is 60.4 Å². The van der Waals surface area contributed by atoms with Crippen LogP contribution in [0, 0.1) is 11.8 Å². The predicted molar refractivity (Wildman–Crippen MR) is 179 cm³/mol. The summed E-state index contributed by atoms with van der Waals surface area (Å²) in [4.78, 5) is 62.4. The molecule has 6 rings (SSSR count). The quantitative estimate of drug-likeness (QED) is 0.251. The molecule has 5 aliphatic rings. The van der Waals surface area contributed by atoms with Crippen molar-refractivity contribution in [2.24, 2.45) is 11.8 Å². The van der Waals surface area contributed by atoms with Crippen LogP contribution < -0.4 is 0 Å². The fourth-order valence-corrected chi connectivity index (χ4v) is 8.61. The molecule has 1 saturated carbocycles. The van der Waals surface area contributed by atoms with Crippen LogP contribution >= 0.6 is 0 Å². The number of likely N-dealkylation sites (tertiary alicyclic amines) is 1. The Hall–Kier alpha value is -3.50. The highest BCUT2D eigenvalue weighted by molar-refractivity contribution is 5.99. The lowest BCUT2D eigenvalue weighted by Crippen LogP contribution is -2.57. The number of carbonyl (C=O) groups excluding carboxylic acids is 4. The molecule has 48 heavy (non-hydrogen) atoms. The topological polar surface area (TPSA) is 117 Å².